The number of carbonyl (C=O) groups excluding carboxylic acids is 5. The van der Waals surface area contributed by atoms with Gasteiger partial charge in [0.2, 0.25) is 11.8 Å². The van der Waals surface area contributed by atoms with Crippen molar-refractivity contribution >= 4 is 29.7 Å². The number of fused-ring (bicyclic) bond motifs is 5. The minimum atomic E-state index is -1.11. The first-order valence-corrected chi connectivity index (χ1v) is 17.1. The number of likely N-dealkylation sites (N-methyl/N-ethyl adjacent to an activating group) is 1. The van der Waals surface area contributed by atoms with Crippen LogP contribution in [0, 0.1) is 23.2 Å². The number of methoxy groups -OCH3 is 1. The second kappa shape index (κ2) is 18.2. The maximum absolute atomic E-state index is 14.1. The molecule has 0 fully saturated rings. The Bertz CT molecular complexity index is 1630. The van der Waals surface area contributed by atoms with E-state index in [1.165, 1.54) is 19.1 Å². The van der Waals surface area contributed by atoms with Crippen LogP contribution >= 0.6 is 0 Å². The lowest BCUT2D eigenvalue weighted by Crippen LogP contribution is -2.46. The monoisotopic (exact) mass is 706 g/mol. The third kappa shape index (κ3) is 11.2. The minimum absolute atomic E-state index is 0.0386. The topological polar surface area (TPSA) is 173 Å². The summed E-state index contributed by atoms with van der Waals surface area (Å²) in [6.45, 7) is 11.1. The Morgan fingerprint density at radius 3 is 2.31 bits per heavy atom. The molecule has 0 radical (unpaired) electrons. The van der Waals surface area contributed by atoms with Gasteiger partial charge in [-0.1, -0.05) is 32.9 Å². The first-order valence-electron chi connectivity index (χ1n) is 17.1. The van der Waals surface area contributed by atoms with E-state index < -0.39 is 59.2 Å². The van der Waals surface area contributed by atoms with Crippen LogP contribution in [0.25, 0.3) is 11.1 Å². The first kappa shape index (κ1) is 40.3. The van der Waals surface area contributed by atoms with Gasteiger partial charge in [-0.25, -0.2) is 9.59 Å². The number of nitriles is 1. The number of nitrogens with one attached hydrogen (secondary N) is 2. The minimum Gasteiger partial charge on any atom is -0.493 e. The van der Waals surface area contributed by atoms with E-state index in [9.17, 15) is 29.2 Å². The predicted molar refractivity (Wildman–Crippen MR) is 189 cm³/mol. The van der Waals surface area contributed by atoms with Gasteiger partial charge in [0.25, 0.3) is 0 Å². The smallest absolute Gasteiger partial charge is 0.407 e. The number of Topliss-reactive ketones (excluding diaryl/α,β-unsaturated/α-hetero) is 1. The van der Waals surface area contributed by atoms with E-state index in [0.29, 0.717) is 46.8 Å². The van der Waals surface area contributed by atoms with Crippen molar-refractivity contribution in [3.63, 3.8) is 0 Å². The summed E-state index contributed by atoms with van der Waals surface area (Å²) in [7, 11) is 2.74. The standard InChI is InChI=1S/C38H50N4O9/c1-9-17-49-32-13-11-26-22-28(32)27-20-25(10-12-31(27)50-18-16-40-37(47)51-38(4,5)6)21-29(36(46)48-8)41-34(44)24(3)19-30(43)33(26)42(7)35(45)23(2)14-15-39/h10-13,20,22-24,29,33H,9,14,16-19,21H2,1-8H3,(H,40,47)(H,41,44)/t23-,24+,29-,33-/m0/s1. The summed E-state index contributed by atoms with van der Waals surface area (Å²) in [5.74, 6) is -2.62. The lowest BCUT2D eigenvalue weighted by atomic mass is 9.89. The average Bonchev–Trinajstić information content (AvgIpc) is 3.07. The van der Waals surface area contributed by atoms with Gasteiger partial charge >= 0.3 is 12.1 Å². The first-order chi connectivity index (χ1) is 24.1. The Morgan fingerprint density at radius 1 is 1.04 bits per heavy atom. The molecule has 51 heavy (non-hydrogen) atoms. The van der Waals surface area contributed by atoms with Crippen LogP contribution in [-0.2, 0) is 35.1 Å². The van der Waals surface area contributed by atoms with Crippen molar-refractivity contribution in [3.8, 4) is 28.7 Å². The molecule has 2 N–H and O–H groups in total. The molecule has 0 saturated carbocycles. The number of amides is 3. The average molecular weight is 707 g/mol. The summed E-state index contributed by atoms with van der Waals surface area (Å²) in [6, 6.07) is 10.4. The molecule has 1 aliphatic heterocycles. The zero-order valence-corrected chi connectivity index (χ0v) is 30.8. The van der Waals surface area contributed by atoms with Crippen LogP contribution in [-0.4, -0.2) is 80.1 Å². The highest BCUT2D eigenvalue weighted by Gasteiger charge is 2.35. The van der Waals surface area contributed by atoms with Gasteiger partial charge in [-0.3, -0.25) is 14.4 Å². The Kier molecular flexibility index (Phi) is 14.4. The number of nitrogens with zero attached hydrogens (tertiary/aromatic N) is 2. The Balaban J connectivity index is 2.22. The summed E-state index contributed by atoms with van der Waals surface area (Å²) in [6.07, 6.45) is -0.0664. The highest BCUT2D eigenvalue weighted by Crippen LogP contribution is 2.40. The molecule has 4 atom stereocenters. The normalized spacial score (nSPS) is 18.2. The van der Waals surface area contributed by atoms with Crippen LogP contribution in [0.15, 0.2) is 36.4 Å². The van der Waals surface area contributed by atoms with Gasteiger partial charge in [-0.05, 0) is 62.6 Å². The summed E-state index contributed by atoms with van der Waals surface area (Å²) in [4.78, 5) is 67.5. The van der Waals surface area contributed by atoms with Gasteiger partial charge in [0.1, 0.15) is 35.8 Å². The van der Waals surface area contributed by atoms with Crippen LogP contribution in [0.2, 0.25) is 0 Å². The van der Waals surface area contributed by atoms with Crippen molar-refractivity contribution in [3.05, 3.63) is 47.5 Å². The summed E-state index contributed by atoms with van der Waals surface area (Å²) in [5, 5.41) is 14.7. The van der Waals surface area contributed by atoms with Gasteiger partial charge in [-0.15, -0.1) is 0 Å². The number of alkyl carbamates (subject to hydrolysis) is 1. The number of ketones is 1. The molecular formula is C38H50N4O9. The molecule has 1 heterocycles. The number of ether oxygens (including phenoxy) is 4. The molecule has 2 aromatic rings. The molecule has 4 bridgehead atoms. The number of esters is 1. The van der Waals surface area contributed by atoms with Crippen molar-refractivity contribution in [2.24, 2.45) is 11.8 Å². The van der Waals surface area contributed by atoms with E-state index in [2.05, 4.69) is 10.6 Å². The van der Waals surface area contributed by atoms with E-state index in [1.807, 2.05) is 19.1 Å². The number of hydrogen-bond acceptors (Lipinski definition) is 10. The molecule has 0 aliphatic carbocycles. The highest BCUT2D eigenvalue weighted by atomic mass is 16.6. The van der Waals surface area contributed by atoms with Crippen LogP contribution < -0.4 is 20.1 Å². The van der Waals surface area contributed by atoms with Crippen LogP contribution in [0.1, 0.15) is 78.0 Å². The van der Waals surface area contributed by atoms with Crippen molar-refractivity contribution in [1.29, 1.82) is 5.26 Å². The molecule has 0 spiro atoms. The fraction of sp³-hybridized carbons (Fsp3) is 0.526. The van der Waals surface area contributed by atoms with E-state index in [1.54, 1.807) is 65.0 Å². The van der Waals surface area contributed by atoms with Gasteiger partial charge in [-0.2, -0.15) is 5.26 Å². The second-order valence-corrected chi connectivity index (χ2v) is 13.7. The van der Waals surface area contributed by atoms with Crippen molar-refractivity contribution < 1.29 is 42.9 Å². The van der Waals surface area contributed by atoms with Crippen LogP contribution in [0.4, 0.5) is 4.79 Å². The van der Waals surface area contributed by atoms with Gasteiger partial charge < -0.3 is 34.5 Å². The third-order valence-corrected chi connectivity index (χ3v) is 8.20. The predicted octanol–water partition coefficient (Wildman–Crippen LogP) is 4.90. The Labute approximate surface area is 299 Å². The molecule has 3 rings (SSSR count). The second-order valence-electron chi connectivity index (χ2n) is 13.7. The molecule has 13 heteroatoms. The fourth-order valence-corrected chi connectivity index (χ4v) is 5.65. The fourth-order valence-electron chi connectivity index (χ4n) is 5.65. The molecule has 0 unspecified atom stereocenters. The molecule has 1 aliphatic rings. The zero-order chi connectivity index (χ0) is 37.9. The van der Waals surface area contributed by atoms with E-state index in [4.69, 9.17) is 18.9 Å². The number of rotatable bonds is 11. The lowest BCUT2D eigenvalue weighted by Gasteiger charge is -2.31. The molecule has 276 valence electrons. The largest absolute Gasteiger partial charge is 0.493 e. The molecule has 2 aromatic carbocycles. The van der Waals surface area contributed by atoms with Gasteiger partial charge in [0.05, 0.1) is 26.3 Å². The molecular weight excluding hydrogens is 656 g/mol. The Morgan fingerprint density at radius 2 is 1.69 bits per heavy atom. The lowest BCUT2D eigenvalue weighted by molar-refractivity contribution is -0.146. The number of benzene rings is 2. The quantitative estimate of drug-likeness (QED) is 0.242. The van der Waals surface area contributed by atoms with Crippen molar-refractivity contribution in [2.75, 3.05) is 33.9 Å². The zero-order valence-electron chi connectivity index (χ0n) is 30.8. The van der Waals surface area contributed by atoms with E-state index in [-0.39, 0.29) is 32.4 Å². The number of hydrogen-bond donors (Lipinski definition) is 2. The summed E-state index contributed by atoms with van der Waals surface area (Å²) in [5.41, 5.74) is 1.58. The van der Waals surface area contributed by atoms with E-state index >= 15 is 0 Å². The van der Waals surface area contributed by atoms with Crippen LogP contribution in [0.3, 0.4) is 0 Å². The summed E-state index contributed by atoms with van der Waals surface area (Å²) >= 11 is 0. The number of carbonyl (C=O) groups is 5. The van der Waals surface area contributed by atoms with Gasteiger partial charge in [0.15, 0.2) is 5.78 Å². The molecule has 13 nitrogen and oxygen atoms in total. The van der Waals surface area contributed by atoms with Gasteiger partial charge in [0, 0.05) is 49.3 Å². The molecule has 3 amide bonds. The highest BCUT2D eigenvalue weighted by molar-refractivity contribution is 5.95. The third-order valence-electron chi connectivity index (χ3n) is 8.20. The molecule has 0 aromatic heterocycles. The SMILES string of the molecule is CCCOc1ccc2cc1-c1cc(ccc1OCCNC(=O)OC(C)(C)C)C[C@@H](C(=O)OC)NC(=O)[C@H](C)CC(=O)[C@H]2N(C)C(=O)[C@@H](C)CC#N. The van der Waals surface area contributed by atoms with Crippen molar-refractivity contribution in [2.45, 2.75) is 84.9 Å². The Hall–Kier alpha value is -5.12. The molecule has 0 saturated heterocycles. The van der Waals surface area contributed by atoms with Crippen LogP contribution in [0.5, 0.6) is 11.5 Å². The maximum Gasteiger partial charge on any atom is 0.407 e. The van der Waals surface area contributed by atoms with E-state index in [0.717, 1.165) is 0 Å². The maximum atomic E-state index is 14.1. The summed E-state index contributed by atoms with van der Waals surface area (Å²) < 4.78 is 22.7. The van der Waals surface area contributed by atoms with Crippen molar-refractivity contribution in [1.82, 2.24) is 15.5 Å².